The third-order valence-corrected chi connectivity index (χ3v) is 4.60. The summed E-state index contributed by atoms with van der Waals surface area (Å²) in [4.78, 5) is 13.9. The summed E-state index contributed by atoms with van der Waals surface area (Å²) in [5.41, 5.74) is 2.56. The predicted molar refractivity (Wildman–Crippen MR) is 95.1 cm³/mol. The van der Waals surface area contributed by atoms with Crippen molar-refractivity contribution in [3.05, 3.63) is 71.8 Å². The molecule has 0 bridgehead atoms. The summed E-state index contributed by atoms with van der Waals surface area (Å²) in [5.74, 6) is 0.744. The highest BCUT2D eigenvalue weighted by molar-refractivity contribution is 8.12. The van der Waals surface area contributed by atoms with Crippen LogP contribution in [0.15, 0.2) is 60.7 Å². The van der Waals surface area contributed by atoms with E-state index in [4.69, 9.17) is 0 Å². The number of thioether (sulfide) groups is 1. The Morgan fingerprint density at radius 2 is 1.50 bits per heavy atom. The van der Waals surface area contributed by atoms with Crippen LogP contribution in [0.5, 0.6) is 0 Å². The minimum Gasteiger partial charge on any atom is -0.337 e. The molecule has 0 fully saturated rings. The molecule has 2 nitrogen and oxygen atoms in total. The minimum atomic E-state index is 0.156. The van der Waals surface area contributed by atoms with Gasteiger partial charge in [0.2, 0.25) is 0 Å². The molecule has 22 heavy (non-hydrogen) atoms. The molecule has 0 aliphatic heterocycles. The van der Waals surface area contributed by atoms with Gasteiger partial charge in [-0.3, -0.25) is 4.79 Å². The van der Waals surface area contributed by atoms with Crippen molar-refractivity contribution in [1.29, 1.82) is 0 Å². The highest BCUT2D eigenvalue weighted by Crippen LogP contribution is 2.15. The molecule has 0 saturated heterocycles. The van der Waals surface area contributed by atoms with Gasteiger partial charge in [0.15, 0.2) is 0 Å². The van der Waals surface area contributed by atoms with Gasteiger partial charge < -0.3 is 4.90 Å². The molecule has 0 atom stereocenters. The standard InChI is InChI=1S/C19H23NOS/c1-20(15-9-8-12-17-10-4-2-5-11-17)19(21)22-16-18-13-6-3-7-14-18/h2-7,10-11,13-14H,8-9,12,15-16H2,1H3. The van der Waals surface area contributed by atoms with Crippen LogP contribution in [0.3, 0.4) is 0 Å². The van der Waals surface area contributed by atoms with Gasteiger partial charge in [-0.05, 0) is 30.4 Å². The van der Waals surface area contributed by atoms with Crippen LogP contribution in [0.2, 0.25) is 0 Å². The SMILES string of the molecule is CN(CCCCc1ccccc1)C(=O)SCc1ccccc1. The Hall–Kier alpha value is -1.74. The number of aryl methyl sites for hydroxylation is 1. The Kier molecular flexibility index (Phi) is 7.04. The van der Waals surface area contributed by atoms with E-state index in [1.54, 1.807) is 0 Å². The molecule has 0 spiro atoms. The van der Waals surface area contributed by atoms with Crippen LogP contribution in [0.25, 0.3) is 0 Å². The number of amides is 1. The van der Waals surface area contributed by atoms with Gasteiger partial charge in [0.05, 0.1) is 0 Å². The zero-order valence-electron chi connectivity index (χ0n) is 13.1. The molecule has 2 rings (SSSR count). The van der Waals surface area contributed by atoms with E-state index in [9.17, 15) is 4.79 Å². The lowest BCUT2D eigenvalue weighted by molar-refractivity contribution is 0.232. The van der Waals surface area contributed by atoms with E-state index >= 15 is 0 Å². The summed E-state index contributed by atoms with van der Waals surface area (Å²) in [5, 5.41) is 0.156. The fourth-order valence-electron chi connectivity index (χ4n) is 2.24. The molecular formula is C19H23NOS. The van der Waals surface area contributed by atoms with Gasteiger partial charge in [0.25, 0.3) is 5.24 Å². The van der Waals surface area contributed by atoms with E-state index in [-0.39, 0.29) is 5.24 Å². The first-order chi connectivity index (χ1) is 10.8. The summed E-state index contributed by atoms with van der Waals surface area (Å²) in [6.07, 6.45) is 3.24. The molecule has 3 heteroatoms. The first-order valence-corrected chi connectivity index (χ1v) is 8.70. The maximum Gasteiger partial charge on any atom is 0.281 e. The van der Waals surface area contributed by atoms with Crippen molar-refractivity contribution in [2.24, 2.45) is 0 Å². The lowest BCUT2D eigenvalue weighted by atomic mass is 10.1. The van der Waals surface area contributed by atoms with Crippen LogP contribution >= 0.6 is 11.8 Å². The molecule has 2 aromatic carbocycles. The molecule has 0 aliphatic carbocycles. The fraction of sp³-hybridized carbons (Fsp3) is 0.316. The second-order valence-electron chi connectivity index (χ2n) is 5.40. The number of hydrogen-bond donors (Lipinski definition) is 0. The highest BCUT2D eigenvalue weighted by atomic mass is 32.2. The Morgan fingerprint density at radius 3 is 2.14 bits per heavy atom. The number of hydrogen-bond acceptors (Lipinski definition) is 2. The van der Waals surface area contributed by atoms with E-state index < -0.39 is 0 Å². The summed E-state index contributed by atoms with van der Waals surface area (Å²) < 4.78 is 0. The van der Waals surface area contributed by atoms with Crippen molar-refractivity contribution < 1.29 is 4.79 Å². The maximum atomic E-state index is 12.1. The zero-order valence-corrected chi connectivity index (χ0v) is 13.9. The highest BCUT2D eigenvalue weighted by Gasteiger charge is 2.09. The molecule has 2 aromatic rings. The van der Waals surface area contributed by atoms with Gasteiger partial charge in [-0.2, -0.15) is 0 Å². The number of carbonyl (C=O) groups is 1. The summed E-state index contributed by atoms with van der Waals surface area (Å²) in [6.45, 7) is 0.827. The summed E-state index contributed by atoms with van der Waals surface area (Å²) >= 11 is 1.38. The number of benzene rings is 2. The second kappa shape index (κ2) is 9.31. The molecular weight excluding hydrogens is 290 g/mol. The van der Waals surface area contributed by atoms with Crippen LogP contribution in [0.4, 0.5) is 4.79 Å². The molecule has 0 unspecified atom stereocenters. The molecule has 0 heterocycles. The Balaban J connectivity index is 1.62. The molecule has 0 aliphatic rings. The van der Waals surface area contributed by atoms with Gasteiger partial charge in [-0.1, -0.05) is 72.4 Å². The number of nitrogens with zero attached hydrogens (tertiary/aromatic N) is 1. The molecule has 116 valence electrons. The van der Waals surface area contributed by atoms with Gasteiger partial charge in [-0.25, -0.2) is 0 Å². The van der Waals surface area contributed by atoms with E-state index in [0.717, 1.165) is 31.6 Å². The number of unbranched alkanes of at least 4 members (excludes halogenated alkanes) is 1. The van der Waals surface area contributed by atoms with Crippen molar-refractivity contribution >= 4 is 17.0 Å². The van der Waals surface area contributed by atoms with E-state index in [1.165, 1.54) is 22.9 Å². The third-order valence-electron chi connectivity index (χ3n) is 3.57. The average Bonchev–Trinajstić information content (AvgIpc) is 2.58. The van der Waals surface area contributed by atoms with Gasteiger partial charge in [0, 0.05) is 19.3 Å². The van der Waals surface area contributed by atoms with Gasteiger partial charge in [0.1, 0.15) is 0 Å². The van der Waals surface area contributed by atoms with Crippen LogP contribution in [0.1, 0.15) is 24.0 Å². The van der Waals surface area contributed by atoms with Crippen molar-refractivity contribution in [2.45, 2.75) is 25.0 Å². The van der Waals surface area contributed by atoms with Crippen LogP contribution in [-0.4, -0.2) is 23.7 Å². The van der Waals surface area contributed by atoms with Crippen LogP contribution in [0, 0.1) is 0 Å². The monoisotopic (exact) mass is 313 g/mol. The van der Waals surface area contributed by atoms with E-state index in [1.807, 2.05) is 36.2 Å². The molecule has 0 aromatic heterocycles. The summed E-state index contributed by atoms with van der Waals surface area (Å²) in [6, 6.07) is 20.6. The van der Waals surface area contributed by atoms with Crippen molar-refractivity contribution in [3.63, 3.8) is 0 Å². The Morgan fingerprint density at radius 1 is 0.909 bits per heavy atom. The predicted octanol–water partition coefficient (Wildman–Crippen LogP) is 4.99. The normalized spacial score (nSPS) is 10.4. The quantitative estimate of drug-likeness (QED) is 0.671. The van der Waals surface area contributed by atoms with Crippen molar-refractivity contribution in [2.75, 3.05) is 13.6 Å². The topological polar surface area (TPSA) is 20.3 Å². The van der Waals surface area contributed by atoms with Gasteiger partial charge >= 0.3 is 0 Å². The molecule has 1 amide bonds. The first kappa shape index (κ1) is 16.6. The molecule has 0 N–H and O–H groups in total. The van der Waals surface area contributed by atoms with Crippen molar-refractivity contribution in [3.8, 4) is 0 Å². The lowest BCUT2D eigenvalue weighted by Crippen LogP contribution is -2.24. The number of carbonyl (C=O) groups excluding carboxylic acids is 1. The van der Waals surface area contributed by atoms with E-state index in [0.29, 0.717) is 0 Å². The number of rotatable bonds is 7. The zero-order chi connectivity index (χ0) is 15.6. The fourth-order valence-corrected chi connectivity index (χ4v) is 3.04. The first-order valence-electron chi connectivity index (χ1n) is 7.71. The minimum absolute atomic E-state index is 0.156. The second-order valence-corrected chi connectivity index (χ2v) is 6.33. The molecule has 0 saturated carbocycles. The average molecular weight is 313 g/mol. The van der Waals surface area contributed by atoms with Crippen LogP contribution in [-0.2, 0) is 12.2 Å². The van der Waals surface area contributed by atoms with Gasteiger partial charge in [-0.15, -0.1) is 0 Å². The van der Waals surface area contributed by atoms with Crippen LogP contribution < -0.4 is 0 Å². The third kappa shape index (κ3) is 5.94. The smallest absolute Gasteiger partial charge is 0.281 e. The lowest BCUT2D eigenvalue weighted by Gasteiger charge is -2.16. The Labute approximate surface area is 137 Å². The summed E-state index contributed by atoms with van der Waals surface area (Å²) in [7, 11) is 1.89. The molecule has 0 radical (unpaired) electrons. The van der Waals surface area contributed by atoms with E-state index in [2.05, 4.69) is 36.4 Å². The largest absolute Gasteiger partial charge is 0.337 e. The van der Waals surface area contributed by atoms with Crippen molar-refractivity contribution in [1.82, 2.24) is 4.90 Å². The Bertz CT molecular complexity index is 556. The maximum absolute atomic E-state index is 12.1.